The van der Waals surface area contributed by atoms with Crippen molar-refractivity contribution in [1.29, 1.82) is 0 Å². The third-order valence-electron chi connectivity index (χ3n) is 4.10. The van der Waals surface area contributed by atoms with E-state index in [9.17, 15) is 4.79 Å². The van der Waals surface area contributed by atoms with Crippen LogP contribution in [0.2, 0.25) is 5.02 Å². The van der Waals surface area contributed by atoms with Gasteiger partial charge in [-0.1, -0.05) is 23.4 Å². The summed E-state index contributed by atoms with van der Waals surface area (Å²) in [4.78, 5) is 14.4. The van der Waals surface area contributed by atoms with E-state index in [0.29, 0.717) is 18.2 Å². The number of carbonyl (C=O) groups excluding carboxylic acids is 1. The van der Waals surface area contributed by atoms with Gasteiger partial charge in [0, 0.05) is 30.3 Å². The average Bonchev–Trinajstić information content (AvgIpc) is 3.06. The lowest BCUT2D eigenvalue weighted by molar-refractivity contribution is -0.113. The van der Waals surface area contributed by atoms with Crippen molar-refractivity contribution in [3.63, 3.8) is 0 Å². The van der Waals surface area contributed by atoms with Crippen molar-refractivity contribution < 1.29 is 9.53 Å². The minimum atomic E-state index is -0.0843. The monoisotopic (exact) mass is 395 g/mol. The molecule has 0 saturated carbocycles. The highest BCUT2D eigenvalue weighted by atomic mass is 35.5. The number of morpholine rings is 1. The van der Waals surface area contributed by atoms with Crippen LogP contribution in [-0.4, -0.2) is 52.7 Å². The Labute approximate surface area is 162 Å². The maximum absolute atomic E-state index is 12.3. The van der Waals surface area contributed by atoms with E-state index in [4.69, 9.17) is 16.3 Å². The molecule has 1 aliphatic rings. The van der Waals surface area contributed by atoms with Crippen molar-refractivity contribution in [2.75, 3.05) is 42.3 Å². The van der Waals surface area contributed by atoms with E-state index in [0.717, 1.165) is 42.0 Å². The van der Waals surface area contributed by atoms with Gasteiger partial charge in [0.1, 0.15) is 0 Å². The Bertz CT molecular complexity index is 777. The van der Waals surface area contributed by atoms with Gasteiger partial charge in [-0.15, -0.1) is 10.2 Å². The second-order valence-electron chi connectivity index (χ2n) is 5.92. The van der Waals surface area contributed by atoms with Crippen molar-refractivity contribution >= 4 is 40.9 Å². The molecule has 1 amide bonds. The van der Waals surface area contributed by atoms with Crippen LogP contribution in [0.1, 0.15) is 12.5 Å². The first-order valence-electron chi connectivity index (χ1n) is 8.53. The first kappa shape index (κ1) is 19.0. The van der Waals surface area contributed by atoms with Gasteiger partial charge in [0.05, 0.1) is 19.0 Å². The number of benzene rings is 1. The standard InChI is InChI=1S/C17H22ClN5O2S/c1-3-23-16(22-6-8-25-9-7-22)20-21-17(23)26-11-15(24)19-14-5-4-13(18)10-12(14)2/h4-5,10H,3,6-9,11H2,1-2H3,(H,19,24). The minimum Gasteiger partial charge on any atom is -0.378 e. The van der Waals surface area contributed by atoms with Gasteiger partial charge >= 0.3 is 0 Å². The van der Waals surface area contributed by atoms with Crippen LogP contribution in [0.15, 0.2) is 23.4 Å². The molecule has 1 saturated heterocycles. The summed E-state index contributed by atoms with van der Waals surface area (Å²) in [5.41, 5.74) is 1.70. The van der Waals surface area contributed by atoms with Crippen LogP contribution in [0.4, 0.5) is 11.6 Å². The number of carbonyl (C=O) groups is 1. The van der Waals surface area contributed by atoms with Crippen LogP contribution in [0.5, 0.6) is 0 Å². The van der Waals surface area contributed by atoms with Gasteiger partial charge in [0.25, 0.3) is 0 Å². The Morgan fingerprint density at radius 2 is 2.12 bits per heavy atom. The highest BCUT2D eigenvalue weighted by molar-refractivity contribution is 7.99. The molecule has 1 aromatic carbocycles. The number of halogens is 1. The van der Waals surface area contributed by atoms with E-state index in [1.54, 1.807) is 6.07 Å². The summed E-state index contributed by atoms with van der Waals surface area (Å²) < 4.78 is 7.43. The molecule has 1 aromatic heterocycles. The van der Waals surface area contributed by atoms with Crippen LogP contribution in [0.3, 0.4) is 0 Å². The molecule has 1 aliphatic heterocycles. The number of hydrogen-bond acceptors (Lipinski definition) is 6. The Morgan fingerprint density at radius 1 is 1.35 bits per heavy atom. The third kappa shape index (κ3) is 4.49. The molecule has 2 heterocycles. The molecule has 140 valence electrons. The second kappa shape index (κ2) is 8.75. The van der Waals surface area contributed by atoms with Crippen molar-refractivity contribution in [2.45, 2.75) is 25.5 Å². The van der Waals surface area contributed by atoms with Crippen molar-refractivity contribution in [3.05, 3.63) is 28.8 Å². The zero-order valence-electron chi connectivity index (χ0n) is 14.9. The number of aromatic nitrogens is 3. The SMILES string of the molecule is CCn1c(SCC(=O)Nc2ccc(Cl)cc2C)nnc1N1CCOCC1. The van der Waals surface area contributed by atoms with E-state index in [2.05, 4.69) is 27.3 Å². The zero-order valence-corrected chi connectivity index (χ0v) is 16.4. The number of nitrogens with one attached hydrogen (secondary N) is 1. The largest absolute Gasteiger partial charge is 0.378 e. The molecule has 9 heteroatoms. The average molecular weight is 396 g/mol. The number of nitrogens with zero attached hydrogens (tertiary/aromatic N) is 4. The number of rotatable bonds is 6. The van der Waals surface area contributed by atoms with Gasteiger partial charge in [0.15, 0.2) is 5.16 Å². The van der Waals surface area contributed by atoms with Gasteiger partial charge in [-0.2, -0.15) is 0 Å². The fourth-order valence-electron chi connectivity index (χ4n) is 2.75. The summed E-state index contributed by atoms with van der Waals surface area (Å²) in [6.07, 6.45) is 0. The van der Waals surface area contributed by atoms with E-state index in [1.807, 2.05) is 23.6 Å². The lowest BCUT2D eigenvalue weighted by Gasteiger charge is -2.27. The Morgan fingerprint density at radius 3 is 2.81 bits per heavy atom. The first-order chi connectivity index (χ1) is 12.6. The summed E-state index contributed by atoms with van der Waals surface area (Å²) >= 11 is 7.33. The molecule has 0 atom stereocenters. The van der Waals surface area contributed by atoms with Gasteiger partial charge < -0.3 is 15.0 Å². The van der Waals surface area contributed by atoms with E-state index in [-0.39, 0.29) is 11.7 Å². The number of ether oxygens (including phenoxy) is 1. The van der Waals surface area contributed by atoms with Gasteiger partial charge in [-0.25, -0.2) is 0 Å². The number of amides is 1. The molecular weight excluding hydrogens is 374 g/mol. The highest BCUT2D eigenvalue weighted by Crippen LogP contribution is 2.24. The van der Waals surface area contributed by atoms with Crippen molar-refractivity contribution in [3.8, 4) is 0 Å². The summed E-state index contributed by atoms with van der Waals surface area (Å²) in [7, 11) is 0. The molecule has 1 N–H and O–H groups in total. The Balaban J connectivity index is 1.62. The van der Waals surface area contributed by atoms with Crippen LogP contribution in [-0.2, 0) is 16.1 Å². The molecule has 0 bridgehead atoms. The lowest BCUT2D eigenvalue weighted by atomic mass is 10.2. The normalized spacial score (nSPS) is 14.5. The molecule has 1 fully saturated rings. The first-order valence-corrected chi connectivity index (χ1v) is 9.89. The summed E-state index contributed by atoms with van der Waals surface area (Å²) in [5.74, 6) is 1.02. The van der Waals surface area contributed by atoms with Crippen LogP contribution < -0.4 is 10.2 Å². The van der Waals surface area contributed by atoms with Crippen molar-refractivity contribution in [2.24, 2.45) is 0 Å². The number of hydrogen-bond donors (Lipinski definition) is 1. The van der Waals surface area contributed by atoms with Crippen LogP contribution >= 0.6 is 23.4 Å². The van der Waals surface area contributed by atoms with Crippen molar-refractivity contribution in [1.82, 2.24) is 14.8 Å². The number of thioether (sulfide) groups is 1. The molecular formula is C17H22ClN5O2S. The van der Waals surface area contributed by atoms with E-state index in [1.165, 1.54) is 11.8 Å². The number of anilines is 2. The molecule has 0 radical (unpaired) electrons. The Kier molecular flexibility index (Phi) is 6.39. The molecule has 0 spiro atoms. The van der Waals surface area contributed by atoms with E-state index >= 15 is 0 Å². The quantitative estimate of drug-likeness (QED) is 0.758. The summed E-state index contributed by atoms with van der Waals surface area (Å²) in [5, 5.41) is 12.9. The summed E-state index contributed by atoms with van der Waals surface area (Å²) in [6.45, 7) is 7.72. The van der Waals surface area contributed by atoms with Gasteiger partial charge in [-0.3, -0.25) is 9.36 Å². The molecule has 2 aromatic rings. The maximum atomic E-state index is 12.3. The fourth-order valence-corrected chi connectivity index (χ4v) is 3.77. The maximum Gasteiger partial charge on any atom is 0.234 e. The third-order valence-corrected chi connectivity index (χ3v) is 5.30. The fraction of sp³-hybridized carbons (Fsp3) is 0.471. The lowest BCUT2D eigenvalue weighted by Crippen LogP contribution is -2.38. The molecule has 3 rings (SSSR count). The van der Waals surface area contributed by atoms with Crippen LogP contribution in [0.25, 0.3) is 0 Å². The van der Waals surface area contributed by atoms with E-state index < -0.39 is 0 Å². The zero-order chi connectivity index (χ0) is 18.5. The molecule has 7 nitrogen and oxygen atoms in total. The van der Waals surface area contributed by atoms with Gasteiger partial charge in [0.2, 0.25) is 11.9 Å². The molecule has 0 aliphatic carbocycles. The second-order valence-corrected chi connectivity index (χ2v) is 7.30. The summed E-state index contributed by atoms with van der Waals surface area (Å²) in [6, 6.07) is 5.40. The van der Waals surface area contributed by atoms with Crippen LogP contribution in [0, 0.1) is 6.92 Å². The molecule has 0 unspecified atom stereocenters. The Hall–Kier alpha value is -1.77. The topological polar surface area (TPSA) is 72.3 Å². The molecule has 26 heavy (non-hydrogen) atoms. The predicted octanol–water partition coefficient (Wildman–Crippen LogP) is 2.83. The minimum absolute atomic E-state index is 0.0843. The smallest absolute Gasteiger partial charge is 0.234 e. The number of aryl methyl sites for hydroxylation is 1. The highest BCUT2D eigenvalue weighted by Gasteiger charge is 2.20. The van der Waals surface area contributed by atoms with Gasteiger partial charge in [-0.05, 0) is 37.6 Å². The predicted molar refractivity (Wildman–Crippen MR) is 104 cm³/mol.